The Morgan fingerprint density at radius 1 is 1.32 bits per heavy atom. The van der Waals surface area contributed by atoms with E-state index in [2.05, 4.69) is 21.2 Å². The van der Waals surface area contributed by atoms with E-state index in [-0.39, 0.29) is 5.91 Å². The number of rotatable bonds is 2. The number of thiophene rings is 1. The maximum absolute atomic E-state index is 12.2. The van der Waals surface area contributed by atoms with E-state index in [1.165, 1.54) is 22.4 Å². The second kappa shape index (κ2) is 5.10. The Balaban J connectivity index is 1.80. The minimum Gasteiger partial charge on any atom is -0.320 e. The number of hydrogen-bond acceptors (Lipinski definition) is 2. The molecule has 1 aliphatic rings. The van der Waals surface area contributed by atoms with Crippen molar-refractivity contribution >= 4 is 38.9 Å². The van der Waals surface area contributed by atoms with Gasteiger partial charge >= 0.3 is 0 Å². The molecule has 1 amide bonds. The van der Waals surface area contributed by atoms with E-state index < -0.39 is 0 Å². The first-order chi connectivity index (χ1) is 9.13. The second-order valence-electron chi connectivity index (χ2n) is 4.85. The third kappa shape index (κ3) is 2.60. The molecule has 1 heterocycles. The van der Waals surface area contributed by atoms with Crippen LogP contribution in [0.3, 0.4) is 0 Å². The fourth-order valence-electron chi connectivity index (χ4n) is 2.35. The fraction of sp³-hybridized carbons (Fsp3) is 0.267. The molecule has 19 heavy (non-hydrogen) atoms. The van der Waals surface area contributed by atoms with Gasteiger partial charge in [0.25, 0.3) is 5.91 Å². The highest BCUT2D eigenvalue weighted by Crippen LogP contribution is 2.31. The van der Waals surface area contributed by atoms with E-state index in [0.29, 0.717) is 0 Å². The summed E-state index contributed by atoms with van der Waals surface area (Å²) in [5, 5.41) is 2.97. The predicted molar refractivity (Wildman–Crippen MR) is 83.2 cm³/mol. The summed E-state index contributed by atoms with van der Waals surface area (Å²) in [6.45, 7) is 2.03. The summed E-state index contributed by atoms with van der Waals surface area (Å²) >= 11 is 5.11. The van der Waals surface area contributed by atoms with Crippen molar-refractivity contribution in [3.63, 3.8) is 0 Å². The number of benzene rings is 1. The van der Waals surface area contributed by atoms with Crippen LogP contribution in [0.2, 0.25) is 0 Å². The van der Waals surface area contributed by atoms with Crippen LogP contribution < -0.4 is 5.32 Å². The van der Waals surface area contributed by atoms with Gasteiger partial charge in [0.1, 0.15) is 0 Å². The largest absolute Gasteiger partial charge is 0.320 e. The fourth-order valence-corrected chi connectivity index (χ4v) is 4.09. The first kappa shape index (κ1) is 12.9. The molecule has 1 N–H and O–H groups in total. The summed E-state index contributed by atoms with van der Waals surface area (Å²) in [5.74, 6) is -0.0102. The lowest BCUT2D eigenvalue weighted by atomic mass is 10.2. The van der Waals surface area contributed by atoms with Crippen LogP contribution in [0.1, 0.15) is 32.1 Å². The summed E-state index contributed by atoms with van der Waals surface area (Å²) in [4.78, 5) is 14.4. The molecule has 0 unspecified atom stereocenters. The van der Waals surface area contributed by atoms with Crippen molar-refractivity contribution in [3.8, 4) is 0 Å². The monoisotopic (exact) mass is 335 g/mol. The highest BCUT2D eigenvalue weighted by molar-refractivity contribution is 9.10. The average molecular weight is 336 g/mol. The van der Waals surface area contributed by atoms with Crippen LogP contribution in [-0.2, 0) is 12.8 Å². The summed E-state index contributed by atoms with van der Waals surface area (Å²) < 4.78 is 0.921. The summed E-state index contributed by atoms with van der Waals surface area (Å²) in [5.41, 5.74) is 3.35. The lowest BCUT2D eigenvalue weighted by molar-refractivity contribution is 0.103. The lowest BCUT2D eigenvalue weighted by Gasteiger charge is -2.07. The molecule has 4 heteroatoms. The maximum atomic E-state index is 12.2. The van der Waals surface area contributed by atoms with Gasteiger partial charge in [-0.25, -0.2) is 0 Å². The molecule has 98 valence electrons. The van der Waals surface area contributed by atoms with Crippen LogP contribution in [-0.4, -0.2) is 5.91 Å². The molecule has 0 saturated heterocycles. The smallest absolute Gasteiger partial charge is 0.265 e. The van der Waals surface area contributed by atoms with Gasteiger partial charge in [0, 0.05) is 9.35 Å². The molecule has 1 aromatic heterocycles. The summed E-state index contributed by atoms with van der Waals surface area (Å²) in [7, 11) is 0. The Morgan fingerprint density at radius 2 is 2.16 bits per heavy atom. The molecule has 0 saturated carbocycles. The Morgan fingerprint density at radius 3 is 2.89 bits per heavy atom. The van der Waals surface area contributed by atoms with Crippen molar-refractivity contribution in [2.24, 2.45) is 0 Å². The normalized spacial score (nSPS) is 13.4. The minimum atomic E-state index is -0.0102. The third-order valence-corrected chi connectivity index (χ3v) is 5.24. The lowest BCUT2D eigenvalue weighted by Crippen LogP contribution is -2.10. The number of nitrogens with one attached hydrogen (secondary N) is 1. The van der Waals surface area contributed by atoms with Gasteiger partial charge in [-0.1, -0.05) is 6.07 Å². The van der Waals surface area contributed by atoms with Gasteiger partial charge in [0.15, 0.2) is 0 Å². The van der Waals surface area contributed by atoms with Gasteiger partial charge in [0.05, 0.1) is 10.6 Å². The van der Waals surface area contributed by atoms with Gasteiger partial charge in [0.2, 0.25) is 0 Å². The first-order valence-electron chi connectivity index (χ1n) is 6.32. The highest BCUT2D eigenvalue weighted by atomic mass is 79.9. The van der Waals surface area contributed by atoms with Crippen molar-refractivity contribution in [2.75, 3.05) is 5.32 Å². The topological polar surface area (TPSA) is 29.1 Å². The number of fused-ring (bicyclic) bond motifs is 1. The molecular formula is C15H14BrNOS. The standard InChI is InChI=1S/C15H14BrNOS/c1-9-5-6-12(11(16)7-9)17-15(18)14-8-10-3-2-4-13(10)19-14/h5-8H,2-4H2,1H3,(H,17,18). The Labute approximate surface area is 125 Å². The van der Waals surface area contributed by atoms with Gasteiger partial charge in [-0.3, -0.25) is 4.79 Å². The van der Waals surface area contributed by atoms with E-state index in [9.17, 15) is 4.79 Å². The molecule has 0 spiro atoms. The SMILES string of the molecule is Cc1ccc(NC(=O)c2cc3c(s2)CCC3)c(Br)c1. The van der Waals surface area contributed by atoms with Gasteiger partial charge in [-0.2, -0.15) is 0 Å². The molecule has 3 rings (SSSR count). The Kier molecular flexibility index (Phi) is 3.46. The number of halogens is 1. The van der Waals surface area contributed by atoms with Crippen molar-refractivity contribution in [1.82, 2.24) is 0 Å². The van der Waals surface area contributed by atoms with Crippen LogP contribution in [0.15, 0.2) is 28.7 Å². The van der Waals surface area contributed by atoms with Crippen LogP contribution in [0, 0.1) is 6.92 Å². The molecule has 2 nitrogen and oxygen atoms in total. The number of aryl methyl sites for hydroxylation is 3. The van der Waals surface area contributed by atoms with Gasteiger partial charge < -0.3 is 5.32 Å². The van der Waals surface area contributed by atoms with E-state index >= 15 is 0 Å². The summed E-state index contributed by atoms with van der Waals surface area (Å²) in [6.07, 6.45) is 3.47. The molecule has 0 aliphatic heterocycles. The molecule has 1 aromatic carbocycles. The van der Waals surface area contributed by atoms with Crippen LogP contribution in [0.5, 0.6) is 0 Å². The number of carbonyl (C=O) groups excluding carboxylic acids is 1. The molecule has 0 bridgehead atoms. The van der Waals surface area contributed by atoms with Crippen LogP contribution in [0.25, 0.3) is 0 Å². The van der Waals surface area contributed by atoms with Crippen LogP contribution >= 0.6 is 27.3 Å². The van der Waals surface area contributed by atoms with Crippen molar-refractivity contribution < 1.29 is 4.79 Å². The Hall–Kier alpha value is -1.13. The predicted octanol–water partition coefficient (Wildman–Crippen LogP) is 4.56. The molecular weight excluding hydrogens is 322 g/mol. The summed E-state index contributed by atoms with van der Waals surface area (Å²) in [6, 6.07) is 7.97. The van der Waals surface area contributed by atoms with Crippen LogP contribution in [0.4, 0.5) is 5.69 Å². The van der Waals surface area contributed by atoms with Crippen molar-refractivity contribution in [1.29, 1.82) is 0 Å². The quantitative estimate of drug-likeness (QED) is 0.856. The molecule has 0 radical (unpaired) electrons. The molecule has 2 aromatic rings. The zero-order valence-electron chi connectivity index (χ0n) is 10.6. The number of carbonyl (C=O) groups is 1. The van der Waals surface area contributed by atoms with E-state index in [1.54, 1.807) is 11.3 Å². The molecule has 0 atom stereocenters. The minimum absolute atomic E-state index is 0.0102. The Bertz CT molecular complexity index is 626. The van der Waals surface area contributed by atoms with E-state index in [4.69, 9.17) is 0 Å². The number of anilines is 1. The highest BCUT2D eigenvalue weighted by Gasteiger charge is 2.18. The zero-order valence-corrected chi connectivity index (χ0v) is 13.0. The van der Waals surface area contributed by atoms with E-state index in [0.717, 1.165) is 27.9 Å². The van der Waals surface area contributed by atoms with Crippen molar-refractivity contribution in [2.45, 2.75) is 26.2 Å². The average Bonchev–Trinajstić information content (AvgIpc) is 2.93. The number of amides is 1. The van der Waals surface area contributed by atoms with Crippen molar-refractivity contribution in [3.05, 3.63) is 49.6 Å². The zero-order chi connectivity index (χ0) is 13.4. The van der Waals surface area contributed by atoms with Gasteiger partial charge in [-0.15, -0.1) is 11.3 Å². The second-order valence-corrected chi connectivity index (χ2v) is 6.84. The maximum Gasteiger partial charge on any atom is 0.265 e. The third-order valence-electron chi connectivity index (χ3n) is 3.34. The first-order valence-corrected chi connectivity index (χ1v) is 7.93. The van der Waals surface area contributed by atoms with Gasteiger partial charge in [-0.05, 0) is 71.4 Å². The molecule has 1 aliphatic carbocycles. The number of hydrogen-bond donors (Lipinski definition) is 1. The molecule has 0 fully saturated rings. The van der Waals surface area contributed by atoms with E-state index in [1.807, 2.05) is 31.2 Å².